The van der Waals surface area contributed by atoms with E-state index in [1.165, 1.54) is 107 Å². The monoisotopic (exact) mass is 1980 g/mol. The second kappa shape index (κ2) is 83.4. The van der Waals surface area contributed by atoms with Gasteiger partial charge >= 0.3 is 29.8 Å². The maximum absolute atomic E-state index is 12.8. The lowest BCUT2D eigenvalue weighted by Crippen LogP contribution is -2.41. The zero-order valence-electron chi connectivity index (χ0n) is 80.3. The van der Waals surface area contributed by atoms with E-state index in [1.54, 1.807) is 8.61 Å². The maximum atomic E-state index is 12.8. The first-order valence-corrected chi connectivity index (χ1v) is 59.6. The topological polar surface area (TPSA) is 373 Å². The summed E-state index contributed by atoms with van der Waals surface area (Å²) in [5.74, 6) is -2.57. The van der Waals surface area contributed by atoms with Crippen LogP contribution >= 0.6 is 0 Å². The van der Waals surface area contributed by atoms with Gasteiger partial charge in [0.2, 0.25) is 50.1 Å². The van der Waals surface area contributed by atoms with Gasteiger partial charge in [0.25, 0.3) is 0 Å². The number of sulfonamides is 5. The number of carboxylic acids is 5. The van der Waals surface area contributed by atoms with Crippen molar-refractivity contribution in [1.82, 2.24) is 21.5 Å². The van der Waals surface area contributed by atoms with Crippen molar-refractivity contribution in [3.63, 3.8) is 0 Å². The molecule has 788 valence electrons. The highest BCUT2D eigenvalue weighted by Gasteiger charge is 2.40. The Hall–Kier alpha value is -3.36. The Kier molecular flexibility index (Phi) is 85.3. The summed E-state index contributed by atoms with van der Waals surface area (Å²) in [6, 6.07) is 0.585. The molecule has 5 heterocycles. The first-order chi connectivity index (χ1) is 60.9. The minimum Gasteiger partial charge on any atom is -0.481 e. The highest BCUT2D eigenvalue weighted by molar-refractivity contribution is 7.90. The molecule has 1 saturated carbocycles. The summed E-state index contributed by atoms with van der Waals surface area (Å²) >= 11 is 0. The smallest absolute Gasteiger partial charge is 0.328 e. The number of unbranched alkanes of at least 4 members (excludes halogenated alkanes) is 40. The van der Waals surface area contributed by atoms with Crippen LogP contribution in [0.25, 0.3) is 0 Å². The van der Waals surface area contributed by atoms with E-state index in [0.717, 1.165) is 347 Å². The van der Waals surface area contributed by atoms with Crippen molar-refractivity contribution in [2.75, 3.05) is 55.7 Å². The number of rotatable bonds is 72. The Morgan fingerprint density at radius 2 is 0.455 bits per heavy atom. The average Bonchev–Trinajstić information content (AvgIpc) is 1.63. The number of hydrogen-bond acceptors (Lipinski definition) is 15. The molecule has 5 saturated heterocycles. The van der Waals surface area contributed by atoms with Crippen molar-refractivity contribution < 1.29 is 91.6 Å². The summed E-state index contributed by atoms with van der Waals surface area (Å²) in [5.41, 5.74) is 0. The van der Waals surface area contributed by atoms with Gasteiger partial charge in [0, 0.05) is 94.7 Å². The summed E-state index contributed by atoms with van der Waals surface area (Å²) in [4.78, 5) is 52.4. The van der Waals surface area contributed by atoms with E-state index >= 15 is 0 Å². The van der Waals surface area contributed by atoms with Gasteiger partial charge in [-0.2, -0.15) is 21.5 Å². The molecule has 5 unspecified atom stereocenters. The van der Waals surface area contributed by atoms with Crippen LogP contribution in [0.4, 0.5) is 0 Å². The summed E-state index contributed by atoms with van der Waals surface area (Å²) in [7, 11) is -15.6. The van der Waals surface area contributed by atoms with Crippen LogP contribution < -0.4 is 0 Å². The van der Waals surface area contributed by atoms with Gasteiger partial charge in [-0.1, -0.05) is 347 Å². The van der Waals surface area contributed by atoms with Crippen LogP contribution in [0.2, 0.25) is 0 Å². The summed E-state index contributed by atoms with van der Waals surface area (Å²) < 4.78 is 135. The fourth-order valence-electron chi connectivity index (χ4n) is 19.1. The molecule has 0 aromatic rings. The van der Waals surface area contributed by atoms with Crippen molar-refractivity contribution >= 4 is 80.0 Å². The fraction of sp³-hybridized carbons (Fsp3) is 0.931. The van der Waals surface area contributed by atoms with E-state index in [-0.39, 0.29) is 91.9 Å². The standard InChI is InChI=1S/C24H47NO4S.C22H43NO4S.C20H39NO4S.C18H35NO4S.C13H21NO4S.5CH4/c1-2-3-4-5-10-13-16-22-30(28,29)25-21-17-19-23(25)18-14-11-8-6-7-9-12-15-20-24(26)27;1-2-3-4-5-11-14-20-28(26,27)23-19-15-17-21(23)16-12-9-7-6-8-10-13-18-22(24)25;1-2-3-4-9-12-18-26(24,25)21-17-13-15-19(21)14-10-7-5-6-8-11-16-20(22)23;1-2-3-4-10-16-24(22,23)19-15-11-13-17(19)12-8-6-5-7-9-14-18(20)21;15-13(16)9-8-11-5-4-10-14(11)19(17,18)12-6-2-1-3-7-12;;;;;/h23H,2-22H2,1H3,(H,26,27);21H,2-20H2,1H3,(H,24,25);19H,2-18H2,1H3,(H,22,23);17H,2-16H2,1H3,(H,20,21);8-9,11-12H,1-7,10H2,(H,15,16);5*1H4/b;;;;9-8+;;;;;. The van der Waals surface area contributed by atoms with E-state index in [9.17, 15) is 66.1 Å². The summed E-state index contributed by atoms with van der Waals surface area (Å²) in [5, 5.41) is 42.8. The zero-order valence-corrected chi connectivity index (χ0v) is 84.4. The van der Waals surface area contributed by atoms with Crippen molar-refractivity contribution in [2.45, 2.75) is 556 Å². The van der Waals surface area contributed by atoms with Gasteiger partial charge in [-0.3, -0.25) is 19.2 Å². The first-order valence-electron chi connectivity index (χ1n) is 51.7. The van der Waals surface area contributed by atoms with Crippen molar-refractivity contribution in [1.29, 1.82) is 0 Å². The summed E-state index contributed by atoms with van der Waals surface area (Å²) in [6.07, 6.45) is 73.1. The van der Waals surface area contributed by atoms with Gasteiger partial charge in [0.15, 0.2) is 0 Å². The van der Waals surface area contributed by atoms with Crippen molar-refractivity contribution in [3.8, 4) is 0 Å². The van der Waals surface area contributed by atoms with E-state index < -0.39 is 80.0 Å². The van der Waals surface area contributed by atoms with Gasteiger partial charge in [-0.25, -0.2) is 46.9 Å². The molecule has 5 aliphatic heterocycles. The third-order valence-corrected chi connectivity index (χ3v) is 36.9. The van der Waals surface area contributed by atoms with Gasteiger partial charge < -0.3 is 25.5 Å². The normalized spacial score (nSPS) is 18.8. The van der Waals surface area contributed by atoms with Gasteiger partial charge in [-0.05, 0) is 154 Å². The predicted octanol–water partition coefficient (Wildman–Crippen LogP) is 26.3. The van der Waals surface area contributed by atoms with E-state index in [2.05, 4.69) is 27.7 Å². The zero-order chi connectivity index (χ0) is 93.7. The van der Waals surface area contributed by atoms with Crippen LogP contribution in [-0.4, -0.2) is 210 Å². The molecule has 0 radical (unpaired) electrons. The van der Waals surface area contributed by atoms with Crippen LogP contribution in [0.15, 0.2) is 12.2 Å². The van der Waals surface area contributed by atoms with Gasteiger partial charge in [0.1, 0.15) is 0 Å². The van der Waals surface area contributed by atoms with E-state index in [4.69, 9.17) is 25.5 Å². The molecule has 0 aromatic heterocycles. The molecule has 25 nitrogen and oxygen atoms in total. The molecular formula is C102H205N5O20S5. The SMILES string of the molecule is C.C.C.C.C.CCCCCCCCCS(=O)(=O)N1CCCC1CCCCCCCCCCC(=O)O.CCCCCCCCS(=O)(=O)N1CCCC1CCCCCCCCCC(=O)O.CCCCCCCS(=O)(=O)N1CCCC1CCCCCCCCC(=O)O.CCCCCCS(=O)(=O)N1CCCC1CCCCCCCC(=O)O.O=C(O)/C=C/C1CCCN1S(=O)(=O)C1CCCCC1. The number of nitrogens with zero attached hydrogens (tertiary/aromatic N) is 5. The lowest BCUT2D eigenvalue weighted by atomic mass is 10.0. The molecule has 0 bridgehead atoms. The van der Waals surface area contributed by atoms with Crippen LogP contribution in [0.1, 0.15) is 521 Å². The van der Waals surface area contributed by atoms with Crippen LogP contribution in [-0.2, 0) is 74.1 Å². The molecule has 5 atom stereocenters. The first kappa shape index (κ1) is 135. The Morgan fingerprint density at radius 3 is 0.689 bits per heavy atom. The molecule has 6 aliphatic rings. The van der Waals surface area contributed by atoms with Crippen LogP contribution in [0.3, 0.4) is 0 Å². The Balaban J connectivity index is -0.000000773. The molecule has 1 aliphatic carbocycles. The van der Waals surface area contributed by atoms with Crippen LogP contribution in [0, 0.1) is 0 Å². The highest BCUT2D eigenvalue weighted by Crippen LogP contribution is 2.34. The highest BCUT2D eigenvalue weighted by atomic mass is 32.2. The lowest BCUT2D eigenvalue weighted by molar-refractivity contribution is -0.138. The molecule has 0 amide bonds. The van der Waals surface area contributed by atoms with E-state index in [0.29, 0.717) is 55.6 Å². The lowest BCUT2D eigenvalue weighted by Gasteiger charge is -2.29. The number of carbonyl (C=O) groups is 5. The largest absolute Gasteiger partial charge is 0.481 e. The number of carboxylic acid groups (broad SMARTS) is 5. The summed E-state index contributed by atoms with van der Waals surface area (Å²) in [6.45, 7) is 12.1. The molecule has 132 heavy (non-hydrogen) atoms. The third-order valence-electron chi connectivity index (χ3n) is 26.5. The third kappa shape index (κ3) is 64.8. The van der Waals surface area contributed by atoms with E-state index in [1.807, 2.05) is 8.61 Å². The minimum absolute atomic E-state index is 0. The minimum atomic E-state index is -3.27. The average molecular weight is 1980 g/mol. The van der Waals surface area contributed by atoms with Crippen molar-refractivity contribution in [2.24, 2.45) is 0 Å². The second-order valence-corrected chi connectivity index (χ2v) is 47.8. The second-order valence-electron chi connectivity index (χ2n) is 37.5. The molecule has 6 rings (SSSR count). The predicted molar refractivity (Wildman–Crippen MR) is 552 cm³/mol. The molecule has 0 aromatic carbocycles. The quantitative estimate of drug-likeness (QED) is 0.0279. The molecule has 0 spiro atoms. The molecular weight excluding hydrogens is 1780 g/mol. The Bertz CT molecular complexity index is 3460. The number of aliphatic carboxylic acids is 5. The molecule has 30 heteroatoms. The fourth-order valence-corrected chi connectivity index (χ4v) is 28.8. The molecule has 6 fully saturated rings. The Morgan fingerprint density at radius 1 is 0.250 bits per heavy atom. The van der Waals surface area contributed by atoms with Crippen molar-refractivity contribution in [3.05, 3.63) is 12.2 Å². The van der Waals surface area contributed by atoms with Gasteiger partial charge in [-0.15, -0.1) is 0 Å². The maximum Gasteiger partial charge on any atom is 0.328 e. The van der Waals surface area contributed by atoms with Gasteiger partial charge in [0.05, 0.1) is 28.3 Å². The Labute approximate surface area is 811 Å². The van der Waals surface area contributed by atoms with Crippen LogP contribution in [0.5, 0.6) is 0 Å². The molecule has 5 N–H and O–H groups in total. The number of hydrogen-bond donors (Lipinski definition) is 5.